The van der Waals surface area contributed by atoms with Crippen molar-refractivity contribution in [1.82, 2.24) is 19.1 Å². The van der Waals surface area contributed by atoms with Crippen molar-refractivity contribution in [1.29, 1.82) is 0 Å². The third kappa shape index (κ3) is 5.35. The molecule has 0 spiro atoms. The summed E-state index contributed by atoms with van der Waals surface area (Å²) in [7, 11) is -2.59. The minimum atomic E-state index is -4.90. The van der Waals surface area contributed by atoms with Gasteiger partial charge in [-0.2, -0.15) is 13.2 Å². The van der Waals surface area contributed by atoms with Crippen LogP contribution in [0.2, 0.25) is 0 Å². The number of pyridine rings is 2. The van der Waals surface area contributed by atoms with Gasteiger partial charge in [-0.15, -0.1) is 13.2 Å². The van der Waals surface area contributed by atoms with E-state index in [0.29, 0.717) is 10.6 Å². The first kappa shape index (κ1) is 28.1. The summed E-state index contributed by atoms with van der Waals surface area (Å²) in [5.41, 5.74) is -2.50. The zero-order chi connectivity index (χ0) is 28.9. The quantitative estimate of drug-likeness (QED) is 0.294. The summed E-state index contributed by atoms with van der Waals surface area (Å²) in [6.45, 7) is 2.49. The lowest BCUT2D eigenvalue weighted by Gasteiger charge is -2.14. The number of nitrogens with zero attached hydrogens (tertiary/aromatic N) is 4. The number of alkyl halides is 6. The molecule has 15 heteroatoms. The molecule has 0 fully saturated rings. The van der Waals surface area contributed by atoms with Crippen LogP contribution in [0.4, 0.5) is 26.3 Å². The minimum absolute atomic E-state index is 0.132. The van der Waals surface area contributed by atoms with Gasteiger partial charge in [-0.1, -0.05) is 6.92 Å². The highest BCUT2D eigenvalue weighted by atomic mass is 32.2. The average Bonchev–Trinajstić information content (AvgIpc) is 3.19. The molecular weight excluding hydrogens is 554 g/mol. The van der Waals surface area contributed by atoms with Crippen molar-refractivity contribution < 1.29 is 39.5 Å². The molecule has 4 rings (SSSR count). The van der Waals surface area contributed by atoms with Crippen LogP contribution >= 0.6 is 0 Å². The van der Waals surface area contributed by atoms with E-state index in [1.807, 2.05) is 0 Å². The van der Waals surface area contributed by atoms with E-state index in [-0.39, 0.29) is 51.0 Å². The summed E-state index contributed by atoms with van der Waals surface area (Å²) in [5, 5.41) is 0. The van der Waals surface area contributed by atoms with Crippen molar-refractivity contribution in [2.45, 2.75) is 37.8 Å². The Morgan fingerprint density at radius 1 is 0.949 bits per heavy atom. The van der Waals surface area contributed by atoms with E-state index >= 15 is 0 Å². The molecule has 0 aliphatic carbocycles. The van der Waals surface area contributed by atoms with Crippen molar-refractivity contribution in [3.63, 3.8) is 0 Å². The summed E-state index contributed by atoms with van der Waals surface area (Å²) in [5.74, 6) is -1.01. The van der Waals surface area contributed by atoms with Crippen LogP contribution in [-0.4, -0.2) is 39.6 Å². The lowest BCUT2D eigenvalue weighted by atomic mass is 10.1. The molecule has 4 aromatic rings. The Balaban J connectivity index is 1.96. The van der Waals surface area contributed by atoms with Gasteiger partial charge in [0.2, 0.25) is 0 Å². The van der Waals surface area contributed by atoms with E-state index < -0.39 is 39.4 Å². The third-order valence-electron chi connectivity index (χ3n) is 5.91. The number of ether oxygens (including phenoxy) is 1. The van der Waals surface area contributed by atoms with Gasteiger partial charge in [0, 0.05) is 19.2 Å². The van der Waals surface area contributed by atoms with Gasteiger partial charge in [0.25, 0.3) is 5.56 Å². The van der Waals surface area contributed by atoms with E-state index in [2.05, 4.69) is 14.7 Å². The number of hydrogen-bond acceptors (Lipinski definition) is 6. The van der Waals surface area contributed by atoms with E-state index in [4.69, 9.17) is 0 Å². The summed E-state index contributed by atoms with van der Waals surface area (Å²) in [6, 6.07) is 7.89. The molecule has 0 aliphatic heterocycles. The Morgan fingerprint density at radius 2 is 1.59 bits per heavy atom. The Kier molecular flexibility index (Phi) is 7.00. The van der Waals surface area contributed by atoms with Crippen LogP contribution < -0.4 is 10.3 Å². The van der Waals surface area contributed by atoms with Gasteiger partial charge < -0.3 is 13.9 Å². The number of benzene rings is 1. The number of fused-ring (bicyclic) bond motifs is 1. The Labute approximate surface area is 217 Å². The normalized spacial score (nSPS) is 12.7. The van der Waals surface area contributed by atoms with Gasteiger partial charge in [-0.05, 0) is 49.4 Å². The molecule has 0 saturated carbocycles. The van der Waals surface area contributed by atoms with Gasteiger partial charge in [-0.3, -0.25) is 4.79 Å². The van der Waals surface area contributed by atoms with E-state index in [9.17, 15) is 39.6 Å². The van der Waals surface area contributed by atoms with Crippen LogP contribution in [0, 0.1) is 0 Å². The van der Waals surface area contributed by atoms with Crippen LogP contribution in [0.3, 0.4) is 0 Å². The second-order valence-corrected chi connectivity index (χ2v) is 10.6. The first-order valence-electron chi connectivity index (χ1n) is 11.3. The molecule has 0 bridgehead atoms. The summed E-state index contributed by atoms with van der Waals surface area (Å²) < 4.78 is 110. The SMILES string of the molecule is CCn1c(C(F)(F)F)cc2nc(-c3nc(-c4ccc(OC(F)(F)F)cc4)ccc3S(=O)(=O)CC)n(C)c2c1=O. The topological polar surface area (TPSA) is 96.1 Å². The lowest BCUT2D eigenvalue weighted by Crippen LogP contribution is -2.28. The highest BCUT2D eigenvalue weighted by Crippen LogP contribution is 2.34. The van der Waals surface area contributed by atoms with Crippen LogP contribution in [0.15, 0.2) is 52.2 Å². The number of aryl methyl sites for hydroxylation is 1. The number of imidazole rings is 1. The number of sulfone groups is 1. The Morgan fingerprint density at radius 3 is 2.13 bits per heavy atom. The molecule has 208 valence electrons. The van der Waals surface area contributed by atoms with Crippen LogP contribution in [-0.2, 0) is 29.6 Å². The molecule has 0 N–H and O–H groups in total. The van der Waals surface area contributed by atoms with E-state index in [1.54, 1.807) is 0 Å². The van der Waals surface area contributed by atoms with Crippen molar-refractivity contribution >= 4 is 20.9 Å². The van der Waals surface area contributed by atoms with E-state index in [1.165, 1.54) is 49.7 Å². The Bertz CT molecular complexity index is 1720. The fraction of sp³-hybridized carbons (Fsp3) is 0.292. The fourth-order valence-corrected chi connectivity index (χ4v) is 5.10. The highest BCUT2D eigenvalue weighted by molar-refractivity contribution is 7.91. The van der Waals surface area contributed by atoms with Gasteiger partial charge in [0.15, 0.2) is 15.7 Å². The van der Waals surface area contributed by atoms with Crippen LogP contribution in [0.1, 0.15) is 19.5 Å². The average molecular weight is 575 g/mol. The summed E-state index contributed by atoms with van der Waals surface area (Å²) in [6.07, 6.45) is -9.75. The summed E-state index contributed by atoms with van der Waals surface area (Å²) >= 11 is 0. The van der Waals surface area contributed by atoms with Crippen molar-refractivity contribution in [2.75, 3.05) is 5.75 Å². The Hall–Kier alpha value is -3.88. The molecule has 3 aromatic heterocycles. The molecule has 0 amide bonds. The first-order chi connectivity index (χ1) is 18.1. The second kappa shape index (κ2) is 9.70. The maximum Gasteiger partial charge on any atom is 0.573 e. The first-order valence-corrected chi connectivity index (χ1v) is 13.0. The molecule has 0 aliphatic rings. The van der Waals surface area contributed by atoms with Gasteiger partial charge >= 0.3 is 12.5 Å². The maximum absolute atomic E-state index is 13.6. The van der Waals surface area contributed by atoms with Gasteiger partial charge in [0.1, 0.15) is 22.7 Å². The molecule has 39 heavy (non-hydrogen) atoms. The molecular formula is C24H20F6N4O4S. The lowest BCUT2D eigenvalue weighted by molar-refractivity contribution is -0.274. The van der Waals surface area contributed by atoms with Gasteiger partial charge in [-0.25, -0.2) is 18.4 Å². The number of hydrogen-bond donors (Lipinski definition) is 0. The summed E-state index contributed by atoms with van der Waals surface area (Å²) in [4.78, 5) is 21.3. The number of halogens is 6. The second-order valence-electron chi connectivity index (χ2n) is 8.32. The zero-order valence-corrected chi connectivity index (χ0v) is 21.4. The molecule has 1 aromatic carbocycles. The smallest absolute Gasteiger partial charge is 0.406 e. The van der Waals surface area contributed by atoms with Crippen molar-refractivity contribution in [3.05, 3.63) is 58.5 Å². The van der Waals surface area contributed by atoms with Gasteiger partial charge in [0.05, 0.1) is 21.9 Å². The largest absolute Gasteiger partial charge is 0.573 e. The monoisotopic (exact) mass is 574 g/mol. The molecule has 0 unspecified atom stereocenters. The predicted molar refractivity (Wildman–Crippen MR) is 129 cm³/mol. The van der Waals surface area contributed by atoms with E-state index in [0.717, 1.165) is 12.1 Å². The van der Waals surface area contributed by atoms with Crippen LogP contribution in [0.5, 0.6) is 5.75 Å². The third-order valence-corrected chi connectivity index (χ3v) is 7.67. The van der Waals surface area contributed by atoms with Crippen molar-refractivity contribution in [2.24, 2.45) is 7.05 Å². The fourth-order valence-electron chi connectivity index (χ4n) is 4.08. The standard InChI is InChI=1S/C24H20F6N4O4S/c1-4-34-18(23(25,26)27)12-16-20(22(34)35)33(3)21(32-16)19-17(39(36,37)5-2)11-10-15(31-19)13-6-8-14(9-7-13)38-24(28,29)30/h6-12H,4-5H2,1-3H3. The molecule has 8 nitrogen and oxygen atoms in total. The maximum atomic E-state index is 13.6. The molecule has 3 heterocycles. The molecule has 0 atom stereocenters. The number of aromatic nitrogens is 4. The molecule has 0 saturated heterocycles. The molecule has 0 radical (unpaired) electrons. The highest BCUT2D eigenvalue weighted by Gasteiger charge is 2.36. The minimum Gasteiger partial charge on any atom is -0.406 e. The van der Waals surface area contributed by atoms with Crippen molar-refractivity contribution in [3.8, 4) is 28.5 Å². The van der Waals surface area contributed by atoms with Crippen LogP contribution in [0.25, 0.3) is 33.8 Å². The number of rotatable bonds is 6. The zero-order valence-electron chi connectivity index (χ0n) is 20.6. The predicted octanol–water partition coefficient (Wildman–Crippen LogP) is 5.19.